The first-order valence-electron chi connectivity index (χ1n) is 9.28. The normalized spacial score (nSPS) is 11.6. The lowest BCUT2D eigenvalue weighted by atomic mass is 9.89. The zero-order valence-electron chi connectivity index (χ0n) is 16.2. The second-order valence-electron chi connectivity index (χ2n) is 6.61. The Hall–Kier alpha value is -2.35. The van der Waals surface area contributed by atoms with E-state index in [4.69, 9.17) is 0 Å². The van der Waals surface area contributed by atoms with Gasteiger partial charge in [-0.1, -0.05) is 76.6 Å². The van der Waals surface area contributed by atoms with E-state index in [-0.39, 0.29) is 0 Å². The van der Waals surface area contributed by atoms with E-state index in [0.29, 0.717) is 5.92 Å². The predicted octanol–water partition coefficient (Wildman–Crippen LogP) is 6.68. The molecule has 25 heavy (non-hydrogen) atoms. The maximum atomic E-state index is 4.56. The van der Waals surface area contributed by atoms with Crippen molar-refractivity contribution in [3.63, 3.8) is 0 Å². The zero-order chi connectivity index (χ0) is 18.2. The number of imidazole rings is 1. The van der Waals surface area contributed by atoms with Crippen molar-refractivity contribution >= 4 is 0 Å². The predicted molar refractivity (Wildman–Crippen MR) is 109 cm³/mol. The average molecular weight is 335 g/mol. The molecule has 1 aromatic heterocycles. The fourth-order valence-corrected chi connectivity index (χ4v) is 2.79. The summed E-state index contributed by atoms with van der Waals surface area (Å²) in [6.45, 7) is 8.77. The lowest BCUT2D eigenvalue weighted by Crippen LogP contribution is -1.96. The Labute approximate surface area is 152 Å². The molecular weight excluding hydrogens is 304 g/mol. The molecule has 2 heteroatoms. The lowest BCUT2D eigenvalue weighted by Gasteiger charge is -2.15. The fourth-order valence-electron chi connectivity index (χ4n) is 2.79. The van der Waals surface area contributed by atoms with Gasteiger partial charge >= 0.3 is 0 Å². The van der Waals surface area contributed by atoms with Crippen molar-refractivity contribution in [3.05, 3.63) is 66.6 Å². The SMILES string of the molecule is CCC.CCC(C)c1ccc(-c2ccccc2)cc1-c1cn(C)cn1. The first kappa shape index (κ1) is 19.0. The minimum atomic E-state index is 0.529. The molecule has 0 saturated heterocycles. The first-order valence-corrected chi connectivity index (χ1v) is 9.28. The average Bonchev–Trinajstić information content (AvgIpc) is 3.08. The van der Waals surface area contributed by atoms with E-state index in [0.717, 1.165) is 12.1 Å². The molecule has 0 N–H and O–H groups in total. The van der Waals surface area contributed by atoms with Crippen molar-refractivity contribution < 1.29 is 0 Å². The molecule has 3 rings (SSSR count). The van der Waals surface area contributed by atoms with Crippen LogP contribution in [0.2, 0.25) is 0 Å². The number of hydrogen-bond acceptors (Lipinski definition) is 1. The van der Waals surface area contributed by atoms with Crippen LogP contribution in [-0.4, -0.2) is 9.55 Å². The minimum Gasteiger partial charge on any atom is -0.340 e. The van der Waals surface area contributed by atoms with E-state index >= 15 is 0 Å². The van der Waals surface area contributed by atoms with Crippen LogP contribution in [0.1, 0.15) is 52.0 Å². The van der Waals surface area contributed by atoms with Gasteiger partial charge < -0.3 is 4.57 Å². The number of nitrogens with zero attached hydrogens (tertiary/aromatic N) is 2. The van der Waals surface area contributed by atoms with Crippen molar-refractivity contribution in [1.82, 2.24) is 9.55 Å². The van der Waals surface area contributed by atoms with Gasteiger partial charge in [0.15, 0.2) is 0 Å². The van der Waals surface area contributed by atoms with Gasteiger partial charge in [0, 0.05) is 18.8 Å². The van der Waals surface area contributed by atoms with Crippen LogP contribution in [0.25, 0.3) is 22.4 Å². The summed E-state index contributed by atoms with van der Waals surface area (Å²) in [5.74, 6) is 0.529. The van der Waals surface area contributed by atoms with Gasteiger partial charge in [-0.15, -0.1) is 0 Å². The van der Waals surface area contributed by atoms with Crippen LogP contribution >= 0.6 is 0 Å². The molecule has 0 aliphatic heterocycles. The van der Waals surface area contributed by atoms with Crippen LogP contribution in [-0.2, 0) is 7.05 Å². The van der Waals surface area contributed by atoms with Gasteiger partial charge in [-0.05, 0) is 35.1 Å². The van der Waals surface area contributed by atoms with E-state index in [1.54, 1.807) is 0 Å². The third kappa shape index (κ3) is 4.82. The molecule has 0 bridgehead atoms. The van der Waals surface area contributed by atoms with Gasteiger partial charge in [0.05, 0.1) is 12.0 Å². The van der Waals surface area contributed by atoms with Gasteiger partial charge in [0.1, 0.15) is 0 Å². The van der Waals surface area contributed by atoms with Crippen LogP contribution in [0, 0.1) is 0 Å². The highest BCUT2D eigenvalue weighted by atomic mass is 15.0. The zero-order valence-corrected chi connectivity index (χ0v) is 16.2. The van der Waals surface area contributed by atoms with E-state index in [1.165, 1.54) is 28.7 Å². The fraction of sp³-hybridized carbons (Fsp3) is 0.348. The van der Waals surface area contributed by atoms with Crippen molar-refractivity contribution in [1.29, 1.82) is 0 Å². The summed E-state index contributed by atoms with van der Waals surface area (Å²) in [6.07, 6.45) is 6.34. The highest BCUT2D eigenvalue weighted by Gasteiger charge is 2.14. The summed E-state index contributed by atoms with van der Waals surface area (Å²) < 4.78 is 2.00. The second-order valence-corrected chi connectivity index (χ2v) is 6.61. The molecule has 2 aromatic carbocycles. The maximum absolute atomic E-state index is 4.56. The molecule has 3 aromatic rings. The molecule has 1 unspecified atom stereocenters. The smallest absolute Gasteiger partial charge is 0.0951 e. The van der Waals surface area contributed by atoms with Crippen LogP contribution in [0.3, 0.4) is 0 Å². The van der Waals surface area contributed by atoms with Gasteiger partial charge in [-0.25, -0.2) is 4.98 Å². The summed E-state index contributed by atoms with van der Waals surface area (Å²) in [7, 11) is 2.01. The Kier molecular flexibility index (Phi) is 7.00. The largest absolute Gasteiger partial charge is 0.340 e. The quantitative estimate of drug-likeness (QED) is 0.520. The number of rotatable bonds is 4. The molecule has 0 aliphatic rings. The van der Waals surface area contributed by atoms with Crippen molar-refractivity contribution in [2.24, 2.45) is 7.05 Å². The molecule has 1 atom stereocenters. The monoisotopic (exact) mass is 334 g/mol. The summed E-state index contributed by atoms with van der Waals surface area (Å²) in [4.78, 5) is 4.56. The Bertz CT molecular complexity index is 772. The van der Waals surface area contributed by atoms with E-state index in [1.807, 2.05) is 17.9 Å². The summed E-state index contributed by atoms with van der Waals surface area (Å²) in [5.41, 5.74) is 6.16. The van der Waals surface area contributed by atoms with Gasteiger partial charge in [-0.3, -0.25) is 0 Å². The molecule has 0 saturated carbocycles. The van der Waals surface area contributed by atoms with E-state index in [2.05, 4.69) is 87.4 Å². The van der Waals surface area contributed by atoms with Crippen LogP contribution in [0.4, 0.5) is 0 Å². The molecule has 0 spiro atoms. The summed E-state index contributed by atoms with van der Waals surface area (Å²) in [6, 6.07) is 17.3. The Morgan fingerprint density at radius 2 is 1.64 bits per heavy atom. The maximum Gasteiger partial charge on any atom is 0.0951 e. The van der Waals surface area contributed by atoms with Gasteiger partial charge in [0.2, 0.25) is 0 Å². The van der Waals surface area contributed by atoms with Gasteiger partial charge in [0.25, 0.3) is 0 Å². The van der Waals surface area contributed by atoms with E-state index < -0.39 is 0 Å². The minimum absolute atomic E-state index is 0.529. The number of benzene rings is 2. The van der Waals surface area contributed by atoms with Crippen molar-refractivity contribution in [3.8, 4) is 22.4 Å². The standard InChI is InChI=1S/C20H22N2.C3H8/c1-4-15(2)18-11-10-17(16-8-6-5-7-9-16)12-19(18)20-13-22(3)14-21-20;1-3-2/h5-15H,4H2,1-3H3;3H2,1-2H3. The topological polar surface area (TPSA) is 17.8 Å². The molecule has 0 aliphatic carbocycles. The molecule has 1 heterocycles. The Morgan fingerprint density at radius 3 is 2.20 bits per heavy atom. The second kappa shape index (κ2) is 9.22. The van der Waals surface area contributed by atoms with Crippen LogP contribution in [0.5, 0.6) is 0 Å². The Morgan fingerprint density at radius 1 is 0.960 bits per heavy atom. The highest BCUT2D eigenvalue weighted by molar-refractivity contribution is 5.74. The van der Waals surface area contributed by atoms with E-state index in [9.17, 15) is 0 Å². The first-order chi connectivity index (χ1) is 12.1. The molecular formula is C23H30N2. The molecule has 0 radical (unpaired) electrons. The van der Waals surface area contributed by atoms with Gasteiger partial charge in [-0.2, -0.15) is 0 Å². The molecule has 0 amide bonds. The molecule has 2 nitrogen and oxygen atoms in total. The third-order valence-corrected chi connectivity index (χ3v) is 4.28. The van der Waals surface area contributed by atoms with Crippen molar-refractivity contribution in [2.45, 2.75) is 46.5 Å². The number of aryl methyl sites for hydroxylation is 1. The summed E-state index contributed by atoms with van der Waals surface area (Å²) >= 11 is 0. The number of aromatic nitrogens is 2. The Balaban J connectivity index is 0.000000701. The highest BCUT2D eigenvalue weighted by Crippen LogP contribution is 2.33. The molecule has 0 fully saturated rings. The number of hydrogen-bond donors (Lipinski definition) is 0. The lowest BCUT2D eigenvalue weighted by molar-refractivity contribution is 0.735. The van der Waals surface area contributed by atoms with Crippen LogP contribution < -0.4 is 0 Å². The summed E-state index contributed by atoms with van der Waals surface area (Å²) in [5, 5.41) is 0. The van der Waals surface area contributed by atoms with Crippen LogP contribution in [0.15, 0.2) is 61.1 Å². The van der Waals surface area contributed by atoms with Crippen molar-refractivity contribution in [2.75, 3.05) is 0 Å². The molecule has 132 valence electrons. The third-order valence-electron chi connectivity index (χ3n) is 4.28.